The van der Waals surface area contributed by atoms with E-state index in [0.29, 0.717) is 12.5 Å². The molecule has 0 aromatic carbocycles. The van der Waals surface area contributed by atoms with Crippen molar-refractivity contribution in [1.29, 1.82) is 0 Å². The van der Waals surface area contributed by atoms with Crippen molar-refractivity contribution in [3.05, 3.63) is 0 Å². The molecule has 0 saturated carbocycles. The van der Waals surface area contributed by atoms with Crippen LogP contribution in [0, 0.1) is 5.92 Å². The van der Waals surface area contributed by atoms with Crippen LogP contribution in [0.4, 0.5) is 0 Å². The number of hydrogen-bond donors (Lipinski definition) is 3. The summed E-state index contributed by atoms with van der Waals surface area (Å²) < 4.78 is 0. The van der Waals surface area contributed by atoms with Gasteiger partial charge in [0, 0.05) is 6.61 Å². The van der Waals surface area contributed by atoms with Crippen molar-refractivity contribution in [2.45, 2.75) is 78.1 Å². The number of carboxylic acids is 1. The molecule has 1 unspecified atom stereocenters. The Hall–Kier alpha value is -0.940. The first-order valence-corrected chi connectivity index (χ1v) is 8.30. The molecule has 22 heavy (non-hydrogen) atoms. The lowest BCUT2D eigenvalue weighted by atomic mass is 10.0. The highest BCUT2D eigenvalue weighted by molar-refractivity contribution is 5.66. The third-order valence-corrected chi connectivity index (χ3v) is 3.19. The molecule has 0 aliphatic heterocycles. The highest BCUT2D eigenvalue weighted by atomic mass is 16.4. The summed E-state index contributed by atoms with van der Waals surface area (Å²) in [7, 11) is 0. The van der Waals surface area contributed by atoms with Crippen molar-refractivity contribution in [3.63, 3.8) is 0 Å². The van der Waals surface area contributed by atoms with Gasteiger partial charge in [-0.2, -0.15) is 0 Å². The van der Waals surface area contributed by atoms with E-state index < -0.39 is 5.97 Å². The van der Waals surface area contributed by atoms with Crippen LogP contribution < -0.4 is 0 Å². The maximum absolute atomic E-state index is 9.44. The average Bonchev–Trinajstić information content (AvgIpc) is 2.52. The van der Waals surface area contributed by atoms with E-state index in [9.17, 15) is 4.79 Å². The molecule has 0 rings (SSSR count). The van der Waals surface area contributed by atoms with E-state index >= 15 is 0 Å². The Morgan fingerprint density at radius 1 is 0.955 bits per heavy atom. The van der Waals surface area contributed by atoms with Gasteiger partial charge in [-0.25, -0.2) is 0 Å². The minimum atomic E-state index is -0.961. The minimum Gasteiger partial charge on any atom is -0.481 e. The molecule has 1 atom stereocenters. The summed E-state index contributed by atoms with van der Waals surface area (Å²) in [5, 5.41) is 24.4. The molecule has 0 aromatic heterocycles. The second-order valence-electron chi connectivity index (χ2n) is 5.42. The third kappa shape index (κ3) is 31.4. The van der Waals surface area contributed by atoms with Gasteiger partial charge in [0.05, 0.1) is 13.0 Å². The summed E-state index contributed by atoms with van der Waals surface area (Å²) in [5.41, 5.74) is 0. The fraction of sp³-hybridized carbons (Fsp3) is 0.882. The number of hydrogen-bond acceptors (Lipinski definition) is 4. The van der Waals surface area contributed by atoms with Gasteiger partial charge in [-0.05, 0) is 12.3 Å². The van der Waals surface area contributed by atoms with Gasteiger partial charge in [-0.15, -0.1) is 0 Å². The van der Waals surface area contributed by atoms with Crippen molar-refractivity contribution < 1.29 is 24.9 Å². The van der Waals surface area contributed by atoms with E-state index in [1.807, 2.05) is 6.79 Å². The van der Waals surface area contributed by atoms with Crippen LogP contribution in [0.3, 0.4) is 0 Å². The quantitative estimate of drug-likeness (QED) is 0.479. The van der Waals surface area contributed by atoms with E-state index in [2.05, 4.69) is 13.8 Å². The standard InChI is InChI=1S/C13H28O.C3H6O3.CH2O/c1-3-4-5-6-7-8-9-10-11-13(2)12-14;4-2-1-3(5)6;1-2/h13-14H,3-12H2,1-2H3;4H,1-2H2,(H,5,6);1H2. The first kappa shape index (κ1) is 26.0. The third-order valence-electron chi connectivity index (χ3n) is 3.19. The lowest BCUT2D eigenvalue weighted by molar-refractivity contribution is -0.137. The van der Waals surface area contributed by atoms with Gasteiger partial charge >= 0.3 is 5.97 Å². The maximum Gasteiger partial charge on any atom is 0.305 e. The van der Waals surface area contributed by atoms with E-state index in [4.69, 9.17) is 20.1 Å². The largest absolute Gasteiger partial charge is 0.481 e. The fourth-order valence-corrected chi connectivity index (χ4v) is 1.81. The highest BCUT2D eigenvalue weighted by Crippen LogP contribution is 2.12. The molecule has 3 N–H and O–H groups in total. The summed E-state index contributed by atoms with van der Waals surface area (Å²) in [6.07, 6.45) is 12.1. The zero-order valence-electron chi connectivity index (χ0n) is 14.4. The number of carbonyl (C=O) groups is 2. The highest BCUT2D eigenvalue weighted by Gasteiger charge is 1.98. The summed E-state index contributed by atoms with van der Waals surface area (Å²) in [6.45, 7) is 6.48. The molecule has 0 saturated heterocycles. The fourth-order valence-electron chi connectivity index (χ4n) is 1.81. The Morgan fingerprint density at radius 2 is 1.41 bits per heavy atom. The van der Waals surface area contributed by atoms with Gasteiger partial charge in [0.2, 0.25) is 0 Å². The van der Waals surface area contributed by atoms with Crippen molar-refractivity contribution in [2.24, 2.45) is 5.92 Å². The van der Waals surface area contributed by atoms with Crippen molar-refractivity contribution >= 4 is 12.8 Å². The molecule has 134 valence electrons. The van der Waals surface area contributed by atoms with E-state index in [0.717, 1.165) is 0 Å². The van der Waals surface area contributed by atoms with Gasteiger partial charge < -0.3 is 20.1 Å². The summed E-state index contributed by atoms with van der Waals surface area (Å²) in [5.74, 6) is -0.451. The van der Waals surface area contributed by atoms with E-state index in [1.165, 1.54) is 57.8 Å². The van der Waals surface area contributed by atoms with Crippen LogP contribution in [-0.2, 0) is 9.59 Å². The van der Waals surface area contributed by atoms with Crippen LogP contribution in [0.2, 0.25) is 0 Å². The molecule has 0 aliphatic carbocycles. The molecule has 0 heterocycles. The predicted octanol–water partition coefficient (Wildman–Crippen LogP) is 3.41. The Morgan fingerprint density at radius 3 is 1.73 bits per heavy atom. The predicted molar refractivity (Wildman–Crippen MR) is 89.9 cm³/mol. The lowest BCUT2D eigenvalue weighted by Crippen LogP contribution is -1.99. The van der Waals surface area contributed by atoms with Crippen molar-refractivity contribution in [2.75, 3.05) is 13.2 Å². The minimum absolute atomic E-state index is 0.153. The number of carbonyl (C=O) groups excluding carboxylic acids is 1. The topological polar surface area (TPSA) is 94.8 Å². The van der Waals surface area contributed by atoms with Crippen LogP contribution in [0.1, 0.15) is 78.1 Å². The first-order chi connectivity index (χ1) is 10.6. The first-order valence-electron chi connectivity index (χ1n) is 8.30. The van der Waals surface area contributed by atoms with Crippen LogP contribution in [0.5, 0.6) is 0 Å². The molecule has 0 radical (unpaired) electrons. The number of aliphatic carboxylic acids is 1. The van der Waals surface area contributed by atoms with Gasteiger partial charge in [-0.1, -0.05) is 65.2 Å². The number of unbranched alkanes of at least 4 members (excludes halogenated alkanes) is 7. The van der Waals surface area contributed by atoms with Crippen LogP contribution in [0.15, 0.2) is 0 Å². The second kappa shape index (κ2) is 25.0. The van der Waals surface area contributed by atoms with E-state index in [1.54, 1.807) is 0 Å². The molecule has 0 aliphatic rings. The van der Waals surface area contributed by atoms with Crippen LogP contribution in [-0.4, -0.2) is 41.3 Å². The van der Waals surface area contributed by atoms with Gasteiger partial charge in [-0.3, -0.25) is 4.79 Å². The molecule has 0 spiro atoms. The zero-order chi connectivity index (χ0) is 17.6. The SMILES string of the molecule is C=O.CCCCCCCCCCC(C)CO.O=C(O)CCO. The average molecular weight is 320 g/mol. The van der Waals surface area contributed by atoms with Gasteiger partial charge in [0.25, 0.3) is 0 Å². The number of aliphatic hydroxyl groups is 2. The molecule has 0 bridgehead atoms. The zero-order valence-corrected chi connectivity index (χ0v) is 14.4. The number of rotatable bonds is 12. The summed E-state index contributed by atoms with van der Waals surface area (Å²) >= 11 is 0. The molecule has 5 heteroatoms. The Kier molecular flexibility index (Phi) is 29.6. The molecule has 5 nitrogen and oxygen atoms in total. The monoisotopic (exact) mass is 320 g/mol. The summed E-state index contributed by atoms with van der Waals surface area (Å²) in [6, 6.07) is 0. The number of aliphatic hydroxyl groups excluding tert-OH is 2. The van der Waals surface area contributed by atoms with Gasteiger partial charge in [0.1, 0.15) is 6.79 Å². The maximum atomic E-state index is 9.44. The molecule has 0 aromatic rings. The Bertz CT molecular complexity index is 209. The number of carboxylic acid groups (broad SMARTS) is 1. The van der Waals surface area contributed by atoms with E-state index in [-0.39, 0.29) is 13.0 Å². The Balaban J connectivity index is -0.000000378. The van der Waals surface area contributed by atoms with Crippen LogP contribution >= 0.6 is 0 Å². The van der Waals surface area contributed by atoms with Gasteiger partial charge in [0.15, 0.2) is 0 Å². The van der Waals surface area contributed by atoms with Crippen molar-refractivity contribution in [3.8, 4) is 0 Å². The molecular weight excluding hydrogens is 284 g/mol. The van der Waals surface area contributed by atoms with Crippen molar-refractivity contribution in [1.82, 2.24) is 0 Å². The molecular formula is C17H36O5. The van der Waals surface area contributed by atoms with Crippen LogP contribution in [0.25, 0.3) is 0 Å². The second-order valence-corrected chi connectivity index (χ2v) is 5.42. The summed E-state index contributed by atoms with van der Waals surface area (Å²) in [4.78, 5) is 17.4. The lowest BCUT2D eigenvalue weighted by Gasteiger charge is -2.06. The normalized spacial score (nSPS) is 10.7. The smallest absolute Gasteiger partial charge is 0.305 e. The molecule has 0 amide bonds. The molecule has 0 fully saturated rings. The Labute approximate surface area is 135 Å².